The molecule has 1 aromatic carbocycles. The molecule has 5 nitrogen and oxygen atoms in total. The number of amides is 1. The molecule has 8 heteroatoms. The van der Waals surface area contributed by atoms with Crippen molar-refractivity contribution >= 4 is 22.8 Å². The van der Waals surface area contributed by atoms with Gasteiger partial charge in [-0.3, -0.25) is 9.59 Å². The second-order valence-corrected chi connectivity index (χ2v) is 6.70. The Hall–Kier alpha value is -2.51. The highest BCUT2D eigenvalue weighted by atomic mass is 19.4. The summed E-state index contributed by atoms with van der Waals surface area (Å²) in [5, 5.41) is 10.0. The second-order valence-electron chi connectivity index (χ2n) is 6.70. The Morgan fingerprint density at radius 2 is 2.04 bits per heavy atom. The quantitative estimate of drug-likeness (QED) is 0.871. The first-order valence-corrected chi connectivity index (χ1v) is 8.31. The average Bonchev–Trinajstić information content (AvgIpc) is 3.17. The minimum Gasteiger partial charge on any atom is -0.481 e. The number of aliphatic carboxylic acids is 1. The van der Waals surface area contributed by atoms with Crippen molar-refractivity contribution in [2.75, 3.05) is 13.1 Å². The number of nitrogens with zero attached hydrogens (tertiary/aromatic N) is 1. The molecular formula is C18H19F3N2O3. The summed E-state index contributed by atoms with van der Waals surface area (Å²) in [6.45, 7) is 0.971. The van der Waals surface area contributed by atoms with Crippen LogP contribution in [0.5, 0.6) is 0 Å². The van der Waals surface area contributed by atoms with E-state index in [1.165, 1.54) is 0 Å². The number of halogens is 3. The fourth-order valence-electron chi connectivity index (χ4n) is 3.56. The summed E-state index contributed by atoms with van der Waals surface area (Å²) >= 11 is 0. The Morgan fingerprint density at radius 1 is 1.31 bits per heavy atom. The van der Waals surface area contributed by atoms with Crippen molar-refractivity contribution in [2.24, 2.45) is 11.8 Å². The average molecular weight is 368 g/mol. The van der Waals surface area contributed by atoms with E-state index in [1.54, 1.807) is 6.20 Å². The van der Waals surface area contributed by atoms with Gasteiger partial charge in [0.1, 0.15) is 0 Å². The fraction of sp³-hybridized carbons (Fsp3) is 0.444. The minimum atomic E-state index is -4.63. The monoisotopic (exact) mass is 368 g/mol. The van der Waals surface area contributed by atoms with Gasteiger partial charge < -0.3 is 15.0 Å². The first-order chi connectivity index (χ1) is 12.2. The van der Waals surface area contributed by atoms with Crippen LogP contribution in [-0.4, -0.2) is 46.1 Å². The highest BCUT2D eigenvalue weighted by Crippen LogP contribution is 2.38. The van der Waals surface area contributed by atoms with E-state index < -0.39 is 43.0 Å². The molecule has 0 saturated carbocycles. The van der Waals surface area contributed by atoms with Gasteiger partial charge in [0.2, 0.25) is 5.91 Å². The Bertz CT molecular complexity index is 844. The molecule has 0 aliphatic carbocycles. The Labute approximate surface area is 147 Å². The third-order valence-corrected chi connectivity index (χ3v) is 5.03. The van der Waals surface area contributed by atoms with Crippen LogP contribution in [0.3, 0.4) is 0 Å². The van der Waals surface area contributed by atoms with E-state index in [0.717, 1.165) is 26.9 Å². The maximum atomic E-state index is 13.0. The molecule has 1 aromatic heterocycles. The minimum absolute atomic E-state index is 0.0395. The van der Waals surface area contributed by atoms with Crippen LogP contribution in [0.25, 0.3) is 10.9 Å². The number of aromatic amines is 1. The van der Waals surface area contributed by atoms with Gasteiger partial charge in [0, 0.05) is 36.6 Å². The standard InChI is InChI=1S/C18H19F3N2O3/c1-10-3-2-4-12-11(7-22-16(10)12)5-6-15(24)23-8-13(17(25)26)14(9-23)18(19,20)21/h2-4,7,13-14,22H,5-6,8-9H2,1H3,(H,25,26)/t13-,14-/m1/s1. The molecule has 2 N–H and O–H groups in total. The molecule has 2 atom stereocenters. The summed E-state index contributed by atoms with van der Waals surface area (Å²) in [5.74, 6) is -5.59. The van der Waals surface area contributed by atoms with E-state index in [4.69, 9.17) is 5.11 Å². The molecule has 1 saturated heterocycles. The molecule has 1 aliphatic rings. The zero-order valence-electron chi connectivity index (χ0n) is 14.1. The number of rotatable bonds is 4. The number of carboxylic acids is 1. The van der Waals surface area contributed by atoms with Gasteiger partial charge in [-0.25, -0.2) is 0 Å². The number of benzene rings is 1. The van der Waals surface area contributed by atoms with E-state index in [9.17, 15) is 22.8 Å². The molecule has 0 radical (unpaired) electrons. The summed E-state index contributed by atoms with van der Waals surface area (Å²) in [4.78, 5) is 27.6. The van der Waals surface area contributed by atoms with E-state index in [0.29, 0.717) is 6.42 Å². The summed E-state index contributed by atoms with van der Waals surface area (Å²) < 4.78 is 39.1. The number of hydrogen-bond acceptors (Lipinski definition) is 2. The third kappa shape index (κ3) is 3.40. The molecule has 140 valence electrons. The molecule has 1 fully saturated rings. The smallest absolute Gasteiger partial charge is 0.394 e. The molecule has 3 rings (SSSR count). The van der Waals surface area contributed by atoms with E-state index in [-0.39, 0.29) is 6.42 Å². The van der Waals surface area contributed by atoms with Gasteiger partial charge >= 0.3 is 12.1 Å². The Balaban J connectivity index is 1.68. The van der Waals surface area contributed by atoms with Gasteiger partial charge in [-0.1, -0.05) is 18.2 Å². The van der Waals surface area contributed by atoms with Crippen LogP contribution in [0, 0.1) is 18.8 Å². The highest BCUT2D eigenvalue weighted by molar-refractivity contribution is 5.86. The lowest BCUT2D eigenvalue weighted by atomic mass is 9.96. The number of para-hydroxylation sites is 1. The zero-order valence-corrected chi connectivity index (χ0v) is 14.1. The lowest BCUT2D eigenvalue weighted by Gasteiger charge is -2.18. The number of likely N-dealkylation sites (tertiary alicyclic amines) is 1. The maximum Gasteiger partial charge on any atom is 0.394 e. The Kier molecular flexibility index (Phi) is 4.68. The fourth-order valence-corrected chi connectivity index (χ4v) is 3.56. The topological polar surface area (TPSA) is 73.4 Å². The van der Waals surface area contributed by atoms with Crippen LogP contribution in [0.2, 0.25) is 0 Å². The lowest BCUT2D eigenvalue weighted by Crippen LogP contribution is -2.34. The number of aromatic nitrogens is 1. The molecule has 0 bridgehead atoms. The van der Waals surface area contributed by atoms with Crippen molar-refractivity contribution in [1.82, 2.24) is 9.88 Å². The number of nitrogens with one attached hydrogen (secondary N) is 1. The number of fused-ring (bicyclic) bond motifs is 1. The van der Waals surface area contributed by atoms with Crippen molar-refractivity contribution in [3.8, 4) is 0 Å². The number of alkyl halides is 3. The largest absolute Gasteiger partial charge is 0.481 e. The van der Waals surface area contributed by atoms with Crippen LogP contribution in [-0.2, 0) is 16.0 Å². The number of hydrogen-bond donors (Lipinski definition) is 2. The Morgan fingerprint density at radius 3 is 2.65 bits per heavy atom. The number of H-pyrrole nitrogens is 1. The van der Waals surface area contributed by atoms with Crippen LogP contribution >= 0.6 is 0 Å². The van der Waals surface area contributed by atoms with Gasteiger partial charge in [0.25, 0.3) is 0 Å². The molecule has 1 amide bonds. The van der Waals surface area contributed by atoms with Crippen LogP contribution in [0.4, 0.5) is 13.2 Å². The number of carboxylic acid groups (broad SMARTS) is 1. The molecule has 0 unspecified atom stereocenters. The van der Waals surface area contributed by atoms with Gasteiger partial charge in [-0.05, 0) is 24.5 Å². The van der Waals surface area contributed by atoms with Crippen molar-refractivity contribution in [3.63, 3.8) is 0 Å². The second kappa shape index (κ2) is 6.66. The molecule has 2 heterocycles. The normalized spacial score (nSPS) is 20.7. The third-order valence-electron chi connectivity index (χ3n) is 5.03. The van der Waals surface area contributed by atoms with Crippen LogP contribution in [0.1, 0.15) is 17.5 Å². The molecule has 2 aromatic rings. The summed E-state index contributed by atoms with van der Waals surface area (Å²) in [6, 6.07) is 5.79. The molecule has 0 spiro atoms. The van der Waals surface area contributed by atoms with Crippen LogP contribution < -0.4 is 0 Å². The van der Waals surface area contributed by atoms with Crippen molar-refractivity contribution in [2.45, 2.75) is 25.9 Å². The summed E-state index contributed by atoms with van der Waals surface area (Å²) in [5.41, 5.74) is 2.95. The van der Waals surface area contributed by atoms with E-state index >= 15 is 0 Å². The van der Waals surface area contributed by atoms with Gasteiger partial charge in [-0.15, -0.1) is 0 Å². The molecule has 26 heavy (non-hydrogen) atoms. The van der Waals surface area contributed by atoms with E-state index in [1.807, 2.05) is 25.1 Å². The molecular weight excluding hydrogens is 349 g/mol. The summed E-state index contributed by atoms with van der Waals surface area (Å²) in [7, 11) is 0. The van der Waals surface area contributed by atoms with Gasteiger partial charge in [-0.2, -0.15) is 13.2 Å². The number of carbonyl (C=O) groups excluding carboxylic acids is 1. The maximum absolute atomic E-state index is 13.0. The first-order valence-electron chi connectivity index (χ1n) is 8.31. The summed E-state index contributed by atoms with van der Waals surface area (Å²) in [6.07, 6.45) is -2.41. The van der Waals surface area contributed by atoms with E-state index in [2.05, 4.69) is 4.98 Å². The van der Waals surface area contributed by atoms with Crippen LogP contribution in [0.15, 0.2) is 24.4 Å². The van der Waals surface area contributed by atoms with Gasteiger partial charge in [0.15, 0.2) is 0 Å². The predicted octanol–water partition coefficient (Wildman–Crippen LogP) is 3.13. The molecule has 1 aliphatic heterocycles. The first kappa shape index (κ1) is 18.3. The number of carbonyl (C=O) groups is 2. The predicted molar refractivity (Wildman–Crippen MR) is 88.6 cm³/mol. The highest BCUT2D eigenvalue weighted by Gasteiger charge is 2.53. The van der Waals surface area contributed by atoms with Crippen molar-refractivity contribution in [1.29, 1.82) is 0 Å². The number of aryl methyl sites for hydroxylation is 2. The zero-order chi connectivity index (χ0) is 19.1. The lowest BCUT2D eigenvalue weighted by molar-refractivity contribution is -0.188. The SMILES string of the molecule is Cc1cccc2c(CCC(=O)N3C[C@@H](C(F)(F)F)[C@H](C(=O)O)C3)c[nH]c12. The van der Waals surface area contributed by atoms with Gasteiger partial charge in [0.05, 0.1) is 11.8 Å². The van der Waals surface area contributed by atoms with Crippen molar-refractivity contribution < 1.29 is 27.9 Å². The van der Waals surface area contributed by atoms with Crippen molar-refractivity contribution in [3.05, 3.63) is 35.5 Å².